The molecule has 0 aromatic carbocycles. The summed E-state index contributed by atoms with van der Waals surface area (Å²) in [6.45, 7) is 0. The first-order valence-electron chi connectivity index (χ1n) is 3.04. The number of nitrogens with zero attached hydrogens (tertiary/aromatic N) is 1. The summed E-state index contributed by atoms with van der Waals surface area (Å²) < 4.78 is 0. The van der Waals surface area contributed by atoms with Crippen molar-refractivity contribution in [3.8, 4) is 0 Å². The quantitative estimate of drug-likeness (QED) is 0.294. The molecule has 0 saturated heterocycles. The van der Waals surface area contributed by atoms with E-state index in [0.717, 1.165) is 12.8 Å². The van der Waals surface area contributed by atoms with E-state index >= 15 is 0 Å². The van der Waals surface area contributed by atoms with Crippen molar-refractivity contribution >= 4 is 5.96 Å². The van der Waals surface area contributed by atoms with E-state index in [2.05, 4.69) is 11.1 Å². The van der Waals surface area contributed by atoms with Crippen LogP contribution in [0.3, 0.4) is 0 Å². The van der Waals surface area contributed by atoms with Crippen LogP contribution >= 0.6 is 0 Å². The van der Waals surface area contributed by atoms with E-state index < -0.39 is 0 Å². The minimum Gasteiger partial charge on any atom is -0.370 e. The van der Waals surface area contributed by atoms with Gasteiger partial charge in [0.05, 0.1) is 6.04 Å². The van der Waals surface area contributed by atoms with Gasteiger partial charge in [-0.3, -0.25) is 0 Å². The Labute approximate surface area is 54.4 Å². The van der Waals surface area contributed by atoms with E-state index in [1.165, 1.54) is 0 Å². The lowest BCUT2D eigenvalue weighted by molar-refractivity contribution is 0.779. The average Bonchev–Trinajstić information content (AvgIpc) is 2.15. The van der Waals surface area contributed by atoms with Crippen LogP contribution in [-0.2, 0) is 0 Å². The van der Waals surface area contributed by atoms with Gasteiger partial charge in [-0.15, -0.1) is 0 Å². The summed E-state index contributed by atoms with van der Waals surface area (Å²) in [6, 6.07) is 0.245. The SMILES string of the molecule is NC(N)=NC1C=CCC1. The van der Waals surface area contributed by atoms with Gasteiger partial charge in [-0.1, -0.05) is 12.2 Å². The first-order valence-corrected chi connectivity index (χ1v) is 3.04. The number of guanidine groups is 1. The summed E-state index contributed by atoms with van der Waals surface area (Å²) in [7, 11) is 0. The molecule has 0 heterocycles. The van der Waals surface area contributed by atoms with Crippen LogP contribution in [0.4, 0.5) is 0 Å². The predicted molar refractivity (Wildman–Crippen MR) is 38.0 cm³/mol. The highest BCUT2D eigenvalue weighted by Gasteiger charge is 2.05. The van der Waals surface area contributed by atoms with Crippen molar-refractivity contribution < 1.29 is 0 Å². The summed E-state index contributed by atoms with van der Waals surface area (Å²) in [5.74, 6) is 0.187. The predicted octanol–water partition coefficient (Wildman–Crippen LogP) is -0.0216. The highest BCUT2D eigenvalue weighted by Crippen LogP contribution is 2.11. The molecule has 0 spiro atoms. The van der Waals surface area contributed by atoms with Gasteiger partial charge in [0.1, 0.15) is 0 Å². The molecular weight excluding hydrogens is 114 g/mol. The molecule has 1 aliphatic carbocycles. The van der Waals surface area contributed by atoms with E-state index in [9.17, 15) is 0 Å². The standard InChI is InChI=1S/C6H11N3/c7-6(8)9-5-3-1-2-4-5/h1,3,5H,2,4H2,(H4,7,8,9). The largest absolute Gasteiger partial charge is 0.370 e. The third-order valence-electron chi connectivity index (χ3n) is 1.30. The van der Waals surface area contributed by atoms with Crippen molar-refractivity contribution in [3.05, 3.63) is 12.2 Å². The minimum atomic E-state index is 0.187. The molecule has 0 radical (unpaired) electrons. The van der Waals surface area contributed by atoms with Crippen LogP contribution in [0, 0.1) is 0 Å². The molecule has 9 heavy (non-hydrogen) atoms. The molecule has 0 fully saturated rings. The highest BCUT2D eigenvalue weighted by atomic mass is 15.0. The molecule has 3 nitrogen and oxygen atoms in total. The number of hydrogen-bond acceptors (Lipinski definition) is 1. The van der Waals surface area contributed by atoms with Crippen LogP contribution in [0.2, 0.25) is 0 Å². The van der Waals surface area contributed by atoms with E-state index in [1.54, 1.807) is 0 Å². The van der Waals surface area contributed by atoms with Gasteiger partial charge < -0.3 is 11.5 Å². The molecule has 50 valence electrons. The normalized spacial score (nSPS) is 24.2. The maximum absolute atomic E-state index is 5.17. The van der Waals surface area contributed by atoms with Gasteiger partial charge in [-0.2, -0.15) is 0 Å². The Hall–Kier alpha value is -0.990. The Morgan fingerprint density at radius 3 is 2.78 bits per heavy atom. The van der Waals surface area contributed by atoms with Gasteiger partial charge in [-0.05, 0) is 12.8 Å². The van der Waals surface area contributed by atoms with E-state index in [1.807, 2.05) is 6.08 Å². The second kappa shape index (κ2) is 2.53. The fraction of sp³-hybridized carbons (Fsp3) is 0.500. The maximum atomic E-state index is 5.17. The molecule has 0 aromatic rings. The fourth-order valence-corrected chi connectivity index (χ4v) is 0.916. The van der Waals surface area contributed by atoms with E-state index in [-0.39, 0.29) is 12.0 Å². The number of aliphatic imine (C=N–C) groups is 1. The van der Waals surface area contributed by atoms with Crippen LogP contribution in [0.25, 0.3) is 0 Å². The van der Waals surface area contributed by atoms with Crippen LogP contribution < -0.4 is 11.5 Å². The molecule has 1 rings (SSSR count). The molecule has 0 amide bonds. The first-order chi connectivity index (χ1) is 4.29. The Kier molecular flexibility index (Phi) is 1.72. The van der Waals surface area contributed by atoms with Crippen molar-refractivity contribution in [2.75, 3.05) is 0 Å². The molecule has 1 atom stereocenters. The lowest BCUT2D eigenvalue weighted by atomic mass is 10.3. The maximum Gasteiger partial charge on any atom is 0.186 e. The summed E-state index contributed by atoms with van der Waals surface area (Å²) >= 11 is 0. The monoisotopic (exact) mass is 125 g/mol. The zero-order chi connectivity index (χ0) is 6.69. The molecule has 0 saturated carbocycles. The number of nitrogens with two attached hydrogens (primary N) is 2. The van der Waals surface area contributed by atoms with Crippen molar-refractivity contribution in [1.29, 1.82) is 0 Å². The van der Waals surface area contributed by atoms with Crippen LogP contribution in [0.5, 0.6) is 0 Å². The van der Waals surface area contributed by atoms with Gasteiger partial charge in [-0.25, -0.2) is 4.99 Å². The van der Waals surface area contributed by atoms with Crippen molar-refractivity contribution in [2.24, 2.45) is 16.5 Å². The molecule has 4 N–H and O–H groups in total. The number of allylic oxidation sites excluding steroid dienone is 1. The molecule has 0 aromatic heterocycles. The van der Waals surface area contributed by atoms with E-state index in [0.29, 0.717) is 0 Å². The second-order valence-electron chi connectivity index (χ2n) is 2.13. The molecule has 0 aliphatic heterocycles. The zero-order valence-corrected chi connectivity index (χ0v) is 5.25. The lowest BCUT2D eigenvalue weighted by Crippen LogP contribution is -2.24. The molecule has 1 unspecified atom stereocenters. The Balaban J connectivity index is 2.45. The Morgan fingerprint density at radius 1 is 1.56 bits per heavy atom. The van der Waals surface area contributed by atoms with Gasteiger partial charge >= 0.3 is 0 Å². The van der Waals surface area contributed by atoms with E-state index in [4.69, 9.17) is 11.5 Å². The highest BCUT2D eigenvalue weighted by molar-refractivity contribution is 5.76. The average molecular weight is 125 g/mol. The van der Waals surface area contributed by atoms with Crippen LogP contribution in [0.15, 0.2) is 17.1 Å². The third kappa shape index (κ3) is 1.76. The summed E-state index contributed by atoms with van der Waals surface area (Å²) in [5, 5.41) is 0. The summed E-state index contributed by atoms with van der Waals surface area (Å²) in [5.41, 5.74) is 10.3. The first kappa shape index (κ1) is 6.13. The van der Waals surface area contributed by atoms with Crippen molar-refractivity contribution in [3.63, 3.8) is 0 Å². The Bertz CT molecular complexity index is 144. The van der Waals surface area contributed by atoms with Crippen molar-refractivity contribution in [2.45, 2.75) is 18.9 Å². The van der Waals surface area contributed by atoms with Crippen LogP contribution in [-0.4, -0.2) is 12.0 Å². The zero-order valence-electron chi connectivity index (χ0n) is 5.25. The Morgan fingerprint density at radius 2 is 2.33 bits per heavy atom. The van der Waals surface area contributed by atoms with Crippen molar-refractivity contribution in [1.82, 2.24) is 0 Å². The fourth-order valence-electron chi connectivity index (χ4n) is 0.916. The lowest BCUT2D eigenvalue weighted by Gasteiger charge is -1.98. The minimum absolute atomic E-state index is 0.187. The molecule has 1 aliphatic rings. The van der Waals surface area contributed by atoms with Crippen LogP contribution in [0.1, 0.15) is 12.8 Å². The number of rotatable bonds is 1. The topological polar surface area (TPSA) is 64.4 Å². The van der Waals surface area contributed by atoms with Gasteiger partial charge in [0, 0.05) is 0 Å². The number of hydrogen-bond donors (Lipinski definition) is 2. The second-order valence-corrected chi connectivity index (χ2v) is 2.13. The summed E-state index contributed by atoms with van der Waals surface area (Å²) in [6.07, 6.45) is 6.27. The summed E-state index contributed by atoms with van der Waals surface area (Å²) in [4.78, 5) is 3.96. The van der Waals surface area contributed by atoms with Gasteiger partial charge in [0.25, 0.3) is 0 Å². The molecular formula is C6H11N3. The van der Waals surface area contributed by atoms with Gasteiger partial charge in [0.15, 0.2) is 5.96 Å². The van der Waals surface area contributed by atoms with Gasteiger partial charge in [0.2, 0.25) is 0 Å². The third-order valence-corrected chi connectivity index (χ3v) is 1.30. The molecule has 3 heteroatoms. The molecule has 0 bridgehead atoms. The smallest absolute Gasteiger partial charge is 0.186 e.